The van der Waals surface area contributed by atoms with Crippen LogP contribution in [0.2, 0.25) is 0 Å². The molecular formula is C96H160F3N19O15. The molecule has 0 saturated carbocycles. The third kappa shape index (κ3) is 39.2. The molecule has 0 aliphatic carbocycles. The zero-order valence-corrected chi connectivity index (χ0v) is 88.5. The van der Waals surface area contributed by atoms with Crippen LogP contribution in [0.1, 0.15) is 316 Å². The summed E-state index contributed by atoms with van der Waals surface area (Å²) in [5.41, 5.74) is -5.99. The average molecular weight is 1880 g/mol. The Morgan fingerprint density at radius 3 is 1.31 bits per heavy atom. The fourth-order valence-corrected chi connectivity index (χ4v) is 12.0. The number of epoxide rings is 1. The number of fused-ring (bicyclic) bond motifs is 1. The van der Waals surface area contributed by atoms with Crippen molar-refractivity contribution in [1.82, 2.24) is 91.5 Å². The van der Waals surface area contributed by atoms with Crippen LogP contribution in [0.4, 0.5) is 13.2 Å². The minimum absolute atomic E-state index is 0.0289. The highest BCUT2D eigenvalue weighted by molar-refractivity contribution is 5.97. The molecule has 8 aromatic rings. The Hall–Kier alpha value is -11.0. The number of carbonyl (C=O) groups is 1. The van der Waals surface area contributed by atoms with Gasteiger partial charge in [0.15, 0.2) is 11.3 Å². The number of imidazole rings is 1. The smallest absolute Gasteiger partial charge is 0.352 e. The monoisotopic (exact) mass is 1880 g/mol. The quantitative estimate of drug-likeness (QED) is 0.0891. The SMILES string of the molecule is C=C(n1cc(C)c(=O)[nH]c1=O)C(C)(C)C.C=Cn1c(C(C)(C)C)c(F)c(=O)[nH]c1=O.CC(C)(C)C.CC(C)(C)C.CC(C)(C)c1[nH]c(=O)[nH]c(=O)c1F.CC(C)(C)n1cc(F)c(=O)[nH]c1=O.CC1C(C(C)(C)C)N1C.CC1OC1C(C)(C)C.CN(C)C(=O)c1ncn2c(=O)n(CC(C)(C)C)nnc12.Cc1c[nH]c(=O)n(C(C)(C)C)c1=O.Cc1cn(C(C)(C)C)c(=O)n(C(C)(C)C)c1=O. The van der Waals surface area contributed by atoms with Crippen LogP contribution in [0.5, 0.6) is 0 Å². The molecule has 133 heavy (non-hydrogen) atoms. The Morgan fingerprint density at radius 2 is 0.955 bits per heavy atom. The maximum Gasteiger partial charge on any atom is 0.352 e. The molecular weight excluding hydrogens is 1720 g/mol. The minimum atomic E-state index is -0.997. The number of aromatic nitrogens is 17. The number of rotatable bonds is 4. The summed E-state index contributed by atoms with van der Waals surface area (Å²) in [6.45, 7) is 92.5. The van der Waals surface area contributed by atoms with Gasteiger partial charge in [0.25, 0.3) is 39.3 Å². The van der Waals surface area contributed by atoms with Gasteiger partial charge >= 0.3 is 39.8 Å². The molecule has 0 radical (unpaired) electrons. The van der Waals surface area contributed by atoms with Crippen molar-refractivity contribution >= 4 is 23.5 Å². The molecule has 2 aliphatic rings. The fraction of sp³-hybridized carbons (Fsp3) is 0.656. The Labute approximate surface area is 780 Å². The first-order chi connectivity index (χ1) is 59.1. The van der Waals surface area contributed by atoms with Gasteiger partial charge < -0.3 is 19.6 Å². The highest BCUT2D eigenvalue weighted by Gasteiger charge is 2.48. The molecule has 2 fully saturated rings. The Balaban J connectivity index is 0.00000147. The standard InChI is InChI=1S/C13H22N2O2.C12H18N6O2.C11H16N2O2.C10H13FN2O2.C9H14N2O2.2C8H11FN2O2.C8H17N.C7H14O.2C5H12/c1-9-8-14(12(2,3)4)11(17)15(10(9)16)13(5,6)7;1-12(2,3)6-18-11(20)17-7-13-8(9(17)14-15-18)10(19)16(4)5;1-7-6-13(8(2)11(3,4)5)10(15)12-9(7)14;1-5-13-7(10(2,3)4)6(11)8(14)12-9(13)15;1-6-5-10-8(13)11(7(6)12)9(2,3)4;1-8(2,3)11-4-5(9)6(12)10-7(11)13;1-8(2,3)5-4(9)6(12)11-7(13)10-5;1-6-7(9(6)5)8(2,3)4;1-5-6(8-5)7(2,3)4;2*1-5(2,3)4/h8H,1-7H3;7H,6H2,1-5H3;6H,2H2,1,3-5H3,(H,12,14,15);5H,1H2,2-4H3,(H,12,14,15);5H,1-4H3,(H,10,13);4H,1-3H3,(H,10,12,13);1-3H3,(H2,10,11,12,13);6-7H,1-5H3;5-6H,1-4H3;2*1-4H3. The van der Waals surface area contributed by atoms with Crippen molar-refractivity contribution in [3.8, 4) is 0 Å². The van der Waals surface area contributed by atoms with E-state index in [2.05, 4.69) is 166 Å². The maximum absolute atomic E-state index is 13.6. The van der Waals surface area contributed by atoms with Crippen LogP contribution in [0, 0.1) is 70.7 Å². The van der Waals surface area contributed by atoms with E-state index in [-0.39, 0.29) is 78.8 Å². The third-order valence-corrected chi connectivity index (χ3v) is 18.5. The molecule has 5 atom stereocenters. The van der Waals surface area contributed by atoms with E-state index in [0.717, 1.165) is 27.4 Å². The van der Waals surface area contributed by atoms with E-state index >= 15 is 0 Å². The van der Waals surface area contributed by atoms with Gasteiger partial charge in [-0.1, -0.05) is 198 Å². The zero-order chi connectivity index (χ0) is 106. The van der Waals surface area contributed by atoms with E-state index in [4.69, 9.17) is 4.74 Å². The van der Waals surface area contributed by atoms with Crippen LogP contribution in [-0.2, 0) is 44.3 Å². The number of hydrogen-bond acceptors (Lipinski definition) is 19. The molecule has 8 aromatic heterocycles. The summed E-state index contributed by atoms with van der Waals surface area (Å²) in [5.74, 6) is -3.13. The predicted octanol–water partition coefficient (Wildman–Crippen LogP) is 13.5. The number of halogens is 3. The van der Waals surface area contributed by atoms with Gasteiger partial charge in [-0.2, -0.15) is 17.9 Å². The normalized spacial score (nSPS) is 15.5. The summed E-state index contributed by atoms with van der Waals surface area (Å²) in [5, 5.41) is 7.84. The van der Waals surface area contributed by atoms with Gasteiger partial charge in [0.05, 0.1) is 36.3 Å². The lowest BCUT2D eigenvalue weighted by molar-refractivity contribution is 0.0824. The maximum atomic E-state index is 13.6. The fourth-order valence-electron chi connectivity index (χ4n) is 12.0. The first-order valence-corrected chi connectivity index (χ1v) is 43.9. The van der Waals surface area contributed by atoms with Crippen LogP contribution < -0.4 is 73.2 Å². The Morgan fingerprint density at radius 1 is 0.519 bits per heavy atom. The number of hydrogen-bond donors (Lipinski definition) is 6. The van der Waals surface area contributed by atoms with Crippen molar-refractivity contribution in [2.45, 2.75) is 362 Å². The van der Waals surface area contributed by atoms with Gasteiger partial charge in [0.2, 0.25) is 17.5 Å². The molecule has 6 N–H and O–H groups in total. The van der Waals surface area contributed by atoms with Gasteiger partial charge in [-0.3, -0.25) is 85.8 Å². The molecule has 0 spiro atoms. The minimum Gasteiger partial charge on any atom is -0.369 e. The summed E-state index contributed by atoms with van der Waals surface area (Å²) in [6.07, 6.45) is 9.04. The largest absolute Gasteiger partial charge is 0.369 e. The summed E-state index contributed by atoms with van der Waals surface area (Å²) in [6, 6.07) is 1.63. The average Bonchev–Trinajstić information content (AvgIpc) is 1.57. The molecule has 2 saturated heterocycles. The van der Waals surface area contributed by atoms with Gasteiger partial charge in [0.1, 0.15) is 6.33 Å². The van der Waals surface area contributed by atoms with E-state index in [1.54, 1.807) is 108 Å². The van der Waals surface area contributed by atoms with Crippen LogP contribution >= 0.6 is 0 Å². The van der Waals surface area contributed by atoms with Crippen molar-refractivity contribution in [2.24, 2.45) is 32.5 Å². The number of ether oxygens (including phenoxy) is 1. The number of aryl methyl sites for hydroxylation is 3. The Kier molecular flexibility index (Phi) is 42.1. The second-order valence-electron chi connectivity index (χ2n) is 46.9. The van der Waals surface area contributed by atoms with Crippen molar-refractivity contribution in [3.63, 3.8) is 0 Å². The summed E-state index contributed by atoms with van der Waals surface area (Å²) in [4.78, 5) is 181. The molecule has 37 heteroatoms. The molecule has 0 aromatic carbocycles. The van der Waals surface area contributed by atoms with E-state index in [0.29, 0.717) is 62.8 Å². The number of likely N-dealkylation sites (N-methyl/N-ethyl adjacent to an activating group) is 1. The van der Waals surface area contributed by atoms with Crippen molar-refractivity contribution < 1.29 is 22.7 Å². The number of nitrogens with zero attached hydrogens (tertiary/aromatic N) is 13. The molecule has 2 aliphatic heterocycles. The van der Waals surface area contributed by atoms with Gasteiger partial charge in [-0.15, -0.1) is 5.10 Å². The van der Waals surface area contributed by atoms with E-state index < -0.39 is 84.3 Å². The first kappa shape index (κ1) is 122. The zero-order valence-electron chi connectivity index (χ0n) is 88.5. The van der Waals surface area contributed by atoms with Crippen LogP contribution in [0.15, 0.2) is 107 Å². The highest BCUT2D eigenvalue weighted by atomic mass is 19.1. The highest BCUT2D eigenvalue weighted by Crippen LogP contribution is 2.40. The molecule has 10 rings (SSSR count). The van der Waals surface area contributed by atoms with E-state index in [9.17, 15) is 80.3 Å². The van der Waals surface area contributed by atoms with Gasteiger partial charge in [-0.25, -0.2) is 42.9 Å². The number of amides is 1. The number of nitrogens with one attached hydrogen (secondary N) is 6. The third-order valence-electron chi connectivity index (χ3n) is 18.5. The second-order valence-corrected chi connectivity index (χ2v) is 46.9. The predicted molar refractivity (Wildman–Crippen MR) is 528 cm³/mol. The summed E-state index contributed by atoms with van der Waals surface area (Å²) in [7, 11) is 5.42. The second kappa shape index (κ2) is 45.8. The number of aromatic amines is 6. The molecule has 10 heterocycles. The van der Waals surface area contributed by atoms with Crippen LogP contribution in [0.3, 0.4) is 0 Å². The van der Waals surface area contributed by atoms with Crippen molar-refractivity contribution in [3.05, 3.63) is 231 Å². The van der Waals surface area contributed by atoms with Crippen molar-refractivity contribution in [1.29, 1.82) is 0 Å². The molecule has 750 valence electrons. The van der Waals surface area contributed by atoms with Crippen molar-refractivity contribution in [2.75, 3.05) is 21.1 Å². The summed E-state index contributed by atoms with van der Waals surface area (Å²) < 4.78 is 55.0. The summed E-state index contributed by atoms with van der Waals surface area (Å²) >= 11 is 0. The van der Waals surface area contributed by atoms with E-state index in [1.807, 2.05) is 119 Å². The molecule has 1 amide bonds. The lowest BCUT2D eigenvalue weighted by Crippen LogP contribution is -2.51. The van der Waals surface area contributed by atoms with Crippen LogP contribution in [0.25, 0.3) is 17.5 Å². The molecule has 34 nitrogen and oxygen atoms in total. The Bertz CT molecular complexity index is 6130. The molecule has 5 unspecified atom stereocenters. The topological polar surface area (TPSA) is 430 Å². The van der Waals surface area contributed by atoms with E-state index in [1.165, 1.54) is 52.6 Å². The van der Waals surface area contributed by atoms with Gasteiger partial charge in [0, 0.05) is 112 Å². The molecule has 0 bridgehead atoms. The number of allylic oxidation sites excluding steroid dienone is 1. The number of carbonyl (C=O) groups excluding carboxylic acids is 1. The lowest BCUT2D eigenvalue weighted by Gasteiger charge is -2.28. The van der Waals surface area contributed by atoms with Crippen LogP contribution in [-0.4, -0.2) is 143 Å². The first-order valence-electron chi connectivity index (χ1n) is 43.9. The van der Waals surface area contributed by atoms with Gasteiger partial charge in [-0.05, 0) is 152 Å². The lowest BCUT2D eigenvalue weighted by atomic mass is 9.90. The number of H-pyrrole nitrogens is 6.